The van der Waals surface area contributed by atoms with Crippen LogP contribution in [0.1, 0.15) is 25.0 Å². The lowest BCUT2D eigenvalue weighted by molar-refractivity contribution is 0.242. The lowest BCUT2D eigenvalue weighted by Crippen LogP contribution is -2.40. The van der Waals surface area contributed by atoms with E-state index < -0.39 is 10.0 Å². The third kappa shape index (κ3) is 7.04. The Hall–Kier alpha value is -0.950. The zero-order valence-electron chi connectivity index (χ0n) is 13.4. The second kappa shape index (κ2) is 7.35. The van der Waals surface area contributed by atoms with Gasteiger partial charge in [-0.25, -0.2) is 13.1 Å². The fourth-order valence-corrected chi connectivity index (χ4v) is 3.67. The van der Waals surface area contributed by atoms with E-state index in [0.717, 1.165) is 17.7 Å². The number of rotatable bonds is 8. The van der Waals surface area contributed by atoms with Crippen molar-refractivity contribution in [2.45, 2.75) is 26.1 Å². The van der Waals surface area contributed by atoms with Gasteiger partial charge in [-0.1, -0.05) is 38.1 Å². The number of nitrogens with two attached hydrogens (primary N) is 1. The molecule has 0 saturated carbocycles. The number of hydrogen-bond acceptors (Lipinski definition) is 4. The maximum absolute atomic E-state index is 12.2. The Kier molecular flexibility index (Phi) is 6.34. The van der Waals surface area contributed by atoms with Gasteiger partial charge in [-0.05, 0) is 30.6 Å². The quantitative estimate of drug-likeness (QED) is 0.755. The van der Waals surface area contributed by atoms with Gasteiger partial charge in [0.1, 0.15) is 0 Å². The zero-order chi connectivity index (χ0) is 16.1. The average Bonchev–Trinajstić information content (AvgIpc) is 2.35. The Bertz CT molecular complexity index is 554. The number of sulfonamides is 1. The van der Waals surface area contributed by atoms with Crippen LogP contribution in [0.4, 0.5) is 0 Å². The molecule has 6 heteroatoms. The molecule has 0 aliphatic heterocycles. The van der Waals surface area contributed by atoms with Gasteiger partial charge in [0, 0.05) is 19.6 Å². The van der Waals surface area contributed by atoms with E-state index in [2.05, 4.69) is 9.62 Å². The van der Waals surface area contributed by atoms with Gasteiger partial charge in [-0.3, -0.25) is 0 Å². The van der Waals surface area contributed by atoms with Gasteiger partial charge in [0.25, 0.3) is 0 Å². The van der Waals surface area contributed by atoms with Crippen LogP contribution in [0.25, 0.3) is 0 Å². The molecule has 0 unspecified atom stereocenters. The van der Waals surface area contributed by atoms with Crippen LogP contribution in [0.5, 0.6) is 0 Å². The summed E-state index contributed by atoms with van der Waals surface area (Å²) in [7, 11) is 0.624. The predicted octanol–water partition coefficient (Wildman–Crippen LogP) is 1.15. The molecule has 3 N–H and O–H groups in total. The standard InChI is InChI=1S/C15H27N3O2S/c1-15(2,12-18(3)4)11-17-21(19,20)10-14-7-5-6-13(8-14)9-16/h5-8,17H,9-12,16H2,1-4H3. The molecule has 0 spiro atoms. The van der Waals surface area contributed by atoms with E-state index >= 15 is 0 Å². The molecule has 0 amide bonds. The van der Waals surface area contributed by atoms with Gasteiger partial charge >= 0.3 is 0 Å². The van der Waals surface area contributed by atoms with Crippen LogP contribution >= 0.6 is 0 Å². The summed E-state index contributed by atoms with van der Waals surface area (Å²) in [6, 6.07) is 7.38. The molecule has 1 aromatic rings. The summed E-state index contributed by atoms with van der Waals surface area (Å²) in [5.41, 5.74) is 7.16. The fraction of sp³-hybridized carbons (Fsp3) is 0.600. The molecule has 0 bridgehead atoms. The van der Waals surface area contributed by atoms with Gasteiger partial charge in [-0.2, -0.15) is 0 Å². The summed E-state index contributed by atoms with van der Waals surface area (Å²) in [5.74, 6) is -0.0150. The monoisotopic (exact) mass is 313 g/mol. The maximum Gasteiger partial charge on any atom is 0.215 e. The second-order valence-corrected chi connectivity index (χ2v) is 8.31. The number of hydrogen-bond donors (Lipinski definition) is 2. The summed E-state index contributed by atoms with van der Waals surface area (Å²) in [6.07, 6.45) is 0. The van der Waals surface area contributed by atoms with E-state index in [1.54, 1.807) is 0 Å². The lowest BCUT2D eigenvalue weighted by atomic mass is 9.93. The Labute approximate surface area is 128 Å². The third-order valence-corrected chi connectivity index (χ3v) is 4.40. The second-order valence-electron chi connectivity index (χ2n) is 6.51. The van der Waals surface area contributed by atoms with Crippen LogP contribution < -0.4 is 10.5 Å². The molecule has 0 radical (unpaired) electrons. The van der Waals surface area contributed by atoms with Crippen molar-refractivity contribution in [3.63, 3.8) is 0 Å². The van der Waals surface area contributed by atoms with Crippen molar-refractivity contribution >= 4 is 10.0 Å². The Balaban J connectivity index is 2.65. The van der Waals surface area contributed by atoms with Crippen molar-refractivity contribution in [2.75, 3.05) is 27.2 Å². The molecule has 0 fully saturated rings. The lowest BCUT2D eigenvalue weighted by Gasteiger charge is -2.28. The molecule has 0 aliphatic rings. The van der Waals surface area contributed by atoms with Gasteiger partial charge in [0.15, 0.2) is 0 Å². The van der Waals surface area contributed by atoms with Crippen LogP contribution in [0.15, 0.2) is 24.3 Å². The Morgan fingerprint density at radius 1 is 1.24 bits per heavy atom. The Morgan fingerprint density at radius 3 is 2.43 bits per heavy atom. The maximum atomic E-state index is 12.2. The van der Waals surface area contributed by atoms with E-state index in [1.807, 2.05) is 52.2 Å². The number of nitrogens with one attached hydrogen (secondary N) is 1. The first-order valence-electron chi connectivity index (χ1n) is 7.03. The first-order valence-corrected chi connectivity index (χ1v) is 8.69. The van der Waals surface area contributed by atoms with Crippen LogP contribution in [0.3, 0.4) is 0 Å². The summed E-state index contributed by atoms with van der Waals surface area (Å²) >= 11 is 0. The van der Waals surface area contributed by atoms with Gasteiger partial charge in [0.05, 0.1) is 5.75 Å². The molecule has 0 saturated heterocycles. The molecular weight excluding hydrogens is 286 g/mol. The smallest absolute Gasteiger partial charge is 0.215 e. The predicted molar refractivity (Wildman–Crippen MR) is 87.3 cm³/mol. The highest BCUT2D eigenvalue weighted by Crippen LogP contribution is 2.15. The van der Waals surface area contributed by atoms with Crippen LogP contribution in [0, 0.1) is 5.41 Å². The Morgan fingerprint density at radius 2 is 1.86 bits per heavy atom. The van der Waals surface area contributed by atoms with E-state index in [1.165, 1.54) is 0 Å². The molecular formula is C15H27N3O2S. The van der Waals surface area contributed by atoms with Crippen molar-refractivity contribution in [1.82, 2.24) is 9.62 Å². The fourth-order valence-electron chi connectivity index (χ4n) is 2.33. The molecule has 5 nitrogen and oxygen atoms in total. The zero-order valence-corrected chi connectivity index (χ0v) is 14.2. The first-order chi connectivity index (χ1) is 9.63. The molecule has 120 valence electrons. The topological polar surface area (TPSA) is 75.4 Å². The minimum absolute atomic E-state index is 0.0150. The third-order valence-electron chi connectivity index (χ3n) is 3.10. The van der Waals surface area contributed by atoms with Crippen LogP contribution in [-0.4, -0.2) is 40.5 Å². The van der Waals surface area contributed by atoms with Crippen molar-refractivity contribution in [3.8, 4) is 0 Å². The average molecular weight is 313 g/mol. The normalized spacial score (nSPS) is 12.9. The SMILES string of the molecule is CN(C)CC(C)(C)CNS(=O)(=O)Cc1cccc(CN)c1. The molecule has 0 heterocycles. The first kappa shape index (κ1) is 18.1. The summed E-state index contributed by atoms with van der Waals surface area (Å²) in [4.78, 5) is 2.05. The van der Waals surface area contributed by atoms with Crippen molar-refractivity contribution in [3.05, 3.63) is 35.4 Å². The minimum atomic E-state index is -3.34. The van der Waals surface area contributed by atoms with E-state index in [0.29, 0.717) is 13.1 Å². The van der Waals surface area contributed by atoms with Crippen molar-refractivity contribution in [2.24, 2.45) is 11.1 Å². The molecule has 21 heavy (non-hydrogen) atoms. The van der Waals surface area contributed by atoms with E-state index in [-0.39, 0.29) is 11.2 Å². The number of nitrogens with zero attached hydrogens (tertiary/aromatic N) is 1. The highest BCUT2D eigenvalue weighted by molar-refractivity contribution is 7.88. The van der Waals surface area contributed by atoms with Crippen LogP contribution in [0.2, 0.25) is 0 Å². The van der Waals surface area contributed by atoms with Crippen LogP contribution in [-0.2, 0) is 22.3 Å². The minimum Gasteiger partial charge on any atom is -0.326 e. The van der Waals surface area contributed by atoms with Crippen molar-refractivity contribution < 1.29 is 8.42 Å². The van der Waals surface area contributed by atoms with E-state index in [9.17, 15) is 8.42 Å². The molecule has 0 atom stereocenters. The van der Waals surface area contributed by atoms with Gasteiger partial charge < -0.3 is 10.6 Å². The number of benzene rings is 1. The molecule has 0 aromatic heterocycles. The molecule has 1 rings (SSSR count). The molecule has 0 aliphatic carbocycles. The summed E-state index contributed by atoms with van der Waals surface area (Å²) < 4.78 is 27.1. The summed E-state index contributed by atoms with van der Waals surface area (Å²) in [5, 5.41) is 0. The highest BCUT2D eigenvalue weighted by Gasteiger charge is 2.22. The van der Waals surface area contributed by atoms with Crippen molar-refractivity contribution in [1.29, 1.82) is 0 Å². The van der Waals surface area contributed by atoms with Gasteiger partial charge in [0.2, 0.25) is 10.0 Å². The highest BCUT2D eigenvalue weighted by atomic mass is 32.2. The summed E-state index contributed by atoms with van der Waals surface area (Å²) in [6.45, 7) is 5.74. The molecule has 1 aromatic carbocycles. The van der Waals surface area contributed by atoms with E-state index in [4.69, 9.17) is 5.73 Å². The largest absolute Gasteiger partial charge is 0.326 e. The van der Waals surface area contributed by atoms with Gasteiger partial charge in [-0.15, -0.1) is 0 Å².